The molecule has 1 amide bonds. The third kappa shape index (κ3) is 3.11. The summed E-state index contributed by atoms with van der Waals surface area (Å²) >= 11 is 1.48. The van der Waals surface area contributed by atoms with Gasteiger partial charge in [-0.25, -0.2) is 4.98 Å². The highest BCUT2D eigenvalue weighted by Crippen LogP contribution is 2.59. The first-order valence-electron chi connectivity index (χ1n) is 9.91. The van der Waals surface area contributed by atoms with Gasteiger partial charge >= 0.3 is 11.9 Å². The number of nitrogens with zero attached hydrogens (tertiary/aromatic N) is 1. The molecule has 1 saturated heterocycles. The molecule has 1 saturated carbocycles. The van der Waals surface area contributed by atoms with E-state index in [1.807, 2.05) is 6.92 Å². The van der Waals surface area contributed by atoms with E-state index in [-0.39, 0.29) is 59.9 Å². The number of aliphatic carboxylic acids is 1. The standard InChI is InChI=1S/C20H26N2O5S/c1-9-11-6-7-20(3)8-12-16(10(2)15(20)17(11)27-18(9)26)22-19(28-12)21-13(23)4-5-14(24)25/h9-11,15,17H,4-8H2,1-3H3,(H,24,25)(H,21,22,23)/t9-,10-,11-,15+,17-,20-/m0/s1. The van der Waals surface area contributed by atoms with Gasteiger partial charge < -0.3 is 15.2 Å². The predicted octanol–water partition coefficient (Wildman–Crippen LogP) is 3.20. The fourth-order valence-corrected chi connectivity index (χ4v) is 6.81. The Morgan fingerprint density at radius 2 is 2.07 bits per heavy atom. The zero-order valence-electron chi connectivity index (χ0n) is 16.4. The molecule has 2 aliphatic carbocycles. The van der Waals surface area contributed by atoms with Gasteiger partial charge in [0.25, 0.3) is 0 Å². The second-order valence-electron chi connectivity index (χ2n) is 8.81. The molecule has 3 aliphatic rings. The molecule has 7 nitrogen and oxygen atoms in total. The summed E-state index contributed by atoms with van der Waals surface area (Å²) in [6.07, 6.45) is 2.62. The van der Waals surface area contributed by atoms with Gasteiger partial charge in [-0.2, -0.15) is 0 Å². The Morgan fingerprint density at radius 1 is 1.32 bits per heavy atom. The van der Waals surface area contributed by atoms with E-state index < -0.39 is 5.97 Å². The van der Waals surface area contributed by atoms with Gasteiger partial charge in [0.1, 0.15) is 6.10 Å². The molecule has 0 spiro atoms. The normalized spacial score (nSPS) is 36.1. The van der Waals surface area contributed by atoms with Crippen LogP contribution in [0.3, 0.4) is 0 Å². The Labute approximate surface area is 167 Å². The van der Waals surface area contributed by atoms with E-state index in [2.05, 4.69) is 24.1 Å². The lowest BCUT2D eigenvalue weighted by Gasteiger charge is -2.51. The van der Waals surface area contributed by atoms with Crippen molar-refractivity contribution in [2.45, 2.75) is 64.9 Å². The predicted molar refractivity (Wildman–Crippen MR) is 103 cm³/mol. The van der Waals surface area contributed by atoms with Crippen LogP contribution in [-0.2, 0) is 25.5 Å². The number of carbonyl (C=O) groups excluding carboxylic acids is 2. The second kappa shape index (κ2) is 6.83. The third-order valence-electron chi connectivity index (χ3n) is 6.97. The summed E-state index contributed by atoms with van der Waals surface area (Å²) in [6.45, 7) is 6.41. The van der Waals surface area contributed by atoms with E-state index in [1.54, 1.807) is 0 Å². The van der Waals surface area contributed by atoms with E-state index in [0.29, 0.717) is 5.13 Å². The van der Waals surface area contributed by atoms with Crippen molar-refractivity contribution in [3.05, 3.63) is 10.6 Å². The number of carboxylic acid groups (broad SMARTS) is 1. The lowest BCUT2D eigenvalue weighted by atomic mass is 9.54. The number of carbonyl (C=O) groups is 3. The molecule has 0 bridgehead atoms. The van der Waals surface area contributed by atoms with E-state index in [1.165, 1.54) is 16.2 Å². The summed E-state index contributed by atoms with van der Waals surface area (Å²) in [4.78, 5) is 40.7. The van der Waals surface area contributed by atoms with Gasteiger partial charge in [0.05, 0.1) is 18.0 Å². The summed E-state index contributed by atoms with van der Waals surface area (Å²) in [5.41, 5.74) is 1.03. The van der Waals surface area contributed by atoms with Crippen molar-refractivity contribution in [3.63, 3.8) is 0 Å². The number of nitrogens with one attached hydrogen (secondary N) is 1. The number of hydrogen-bond donors (Lipinski definition) is 2. The highest BCUT2D eigenvalue weighted by molar-refractivity contribution is 7.15. The first-order chi connectivity index (χ1) is 13.2. The maximum absolute atomic E-state index is 12.2. The highest BCUT2D eigenvalue weighted by Gasteiger charge is 2.58. The Morgan fingerprint density at radius 3 is 2.79 bits per heavy atom. The van der Waals surface area contributed by atoms with Gasteiger partial charge in [-0.1, -0.05) is 20.8 Å². The number of thiazole rings is 1. The lowest BCUT2D eigenvalue weighted by molar-refractivity contribution is -0.149. The Hall–Kier alpha value is -1.96. The zero-order chi connectivity index (χ0) is 20.2. The quantitative estimate of drug-likeness (QED) is 0.744. The van der Waals surface area contributed by atoms with Crippen LogP contribution in [0.4, 0.5) is 5.13 Å². The number of anilines is 1. The zero-order valence-corrected chi connectivity index (χ0v) is 17.2. The van der Waals surface area contributed by atoms with E-state index >= 15 is 0 Å². The molecule has 1 aliphatic heterocycles. The first-order valence-corrected chi connectivity index (χ1v) is 10.7. The summed E-state index contributed by atoms with van der Waals surface area (Å²) in [6, 6.07) is 0. The van der Waals surface area contributed by atoms with Crippen molar-refractivity contribution in [2.24, 2.45) is 23.2 Å². The molecule has 1 aromatic heterocycles. The second-order valence-corrected chi connectivity index (χ2v) is 9.89. The van der Waals surface area contributed by atoms with Crippen molar-refractivity contribution in [1.82, 2.24) is 4.98 Å². The van der Waals surface area contributed by atoms with Crippen LogP contribution in [-0.4, -0.2) is 34.0 Å². The van der Waals surface area contributed by atoms with Crippen molar-refractivity contribution in [1.29, 1.82) is 0 Å². The molecule has 0 radical (unpaired) electrons. The van der Waals surface area contributed by atoms with Crippen LogP contribution in [0.5, 0.6) is 0 Å². The third-order valence-corrected chi connectivity index (χ3v) is 7.96. The fraction of sp³-hybridized carbons (Fsp3) is 0.700. The minimum Gasteiger partial charge on any atom is -0.481 e. The number of fused-ring (bicyclic) bond motifs is 4. The minimum atomic E-state index is -0.992. The Kier molecular flexibility index (Phi) is 4.72. The maximum Gasteiger partial charge on any atom is 0.309 e. The van der Waals surface area contributed by atoms with Crippen LogP contribution in [0.1, 0.15) is 62.9 Å². The molecule has 28 heavy (non-hydrogen) atoms. The number of rotatable bonds is 4. The average Bonchev–Trinajstić information content (AvgIpc) is 3.13. The largest absolute Gasteiger partial charge is 0.481 e. The van der Waals surface area contributed by atoms with Gasteiger partial charge in [0.15, 0.2) is 5.13 Å². The van der Waals surface area contributed by atoms with E-state index in [4.69, 9.17) is 9.84 Å². The van der Waals surface area contributed by atoms with E-state index in [0.717, 1.165) is 25.0 Å². The molecule has 0 aromatic carbocycles. The van der Waals surface area contributed by atoms with Crippen molar-refractivity contribution >= 4 is 34.3 Å². The van der Waals surface area contributed by atoms with Crippen LogP contribution in [0, 0.1) is 23.2 Å². The van der Waals surface area contributed by atoms with E-state index in [9.17, 15) is 14.4 Å². The van der Waals surface area contributed by atoms with Crippen LogP contribution >= 0.6 is 11.3 Å². The first kappa shape index (κ1) is 19.4. The smallest absolute Gasteiger partial charge is 0.309 e. The van der Waals surface area contributed by atoms with Crippen molar-refractivity contribution in [3.8, 4) is 0 Å². The topological polar surface area (TPSA) is 106 Å². The number of hydrogen-bond acceptors (Lipinski definition) is 6. The van der Waals surface area contributed by atoms with Gasteiger partial charge in [0, 0.05) is 29.1 Å². The van der Waals surface area contributed by atoms with Crippen molar-refractivity contribution in [2.75, 3.05) is 5.32 Å². The Balaban J connectivity index is 1.57. The van der Waals surface area contributed by atoms with Crippen molar-refractivity contribution < 1.29 is 24.2 Å². The number of amides is 1. The maximum atomic E-state index is 12.2. The molecule has 2 heterocycles. The molecule has 8 heteroatoms. The highest BCUT2D eigenvalue weighted by atomic mass is 32.1. The molecular formula is C20H26N2O5S. The molecular weight excluding hydrogens is 380 g/mol. The van der Waals surface area contributed by atoms with Gasteiger partial charge in [0.2, 0.25) is 5.91 Å². The SMILES string of the molecule is C[C@@H]1C(=O)O[C@H]2[C@H]1CC[C@@]1(C)Cc3sc(NC(=O)CCC(=O)O)nc3[C@@H](C)[C@H]21. The van der Waals surface area contributed by atoms with Gasteiger partial charge in [-0.15, -0.1) is 11.3 Å². The number of carboxylic acids is 1. The summed E-state index contributed by atoms with van der Waals surface area (Å²) < 4.78 is 5.83. The molecule has 4 rings (SSSR count). The van der Waals surface area contributed by atoms with Crippen LogP contribution in [0.2, 0.25) is 0 Å². The molecule has 6 atom stereocenters. The minimum absolute atomic E-state index is 0.0392. The molecule has 2 N–H and O–H groups in total. The number of esters is 1. The lowest BCUT2D eigenvalue weighted by Crippen LogP contribution is -2.50. The van der Waals surface area contributed by atoms with Crippen LogP contribution in [0.25, 0.3) is 0 Å². The fourth-order valence-electron chi connectivity index (χ4n) is 5.53. The summed E-state index contributed by atoms with van der Waals surface area (Å²) in [5, 5.41) is 12.0. The van der Waals surface area contributed by atoms with Crippen LogP contribution in [0.15, 0.2) is 0 Å². The van der Waals surface area contributed by atoms with Crippen LogP contribution < -0.4 is 5.32 Å². The molecule has 2 fully saturated rings. The molecule has 152 valence electrons. The Bertz CT molecular complexity index is 837. The average molecular weight is 407 g/mol. The van der Waals surface area contributed by atoms with Gasteiger partial charge in [-0.05, 0) is 24.7 Å². The monoisotopic (exact) mass is 406 g/mol. The number of ether oxygens (including phenoxy) is 1. The number of aromatic nitrogens is 1. The summed E-state index contributed by atoms with van der Waals surface area (Å²) in [5.74, 6) is -0.795. The van der Waals surface area contributed by atoms with Gasteiger partial charge in [-0.3, -0.25) is 14.4 Å². The molecule has 1 aromatic rings. The molecule has 0 unspecified atom stereocenters. The summed E-state index contributed by atoms with van der Waals surface area (Å²) in [7, 11) is 0.